The standard InChI is InChI=1S/C32H42N6O3/c1-7-21-14-16-23(17-15-21)32(8-2,30(41)36-26(20(3)4)27(33)39)37-29(40)24-19-34-38-28(24)35-25(18-31(38,5)6)22-12-10-9-11-13-22/h9-17,19-20,25-26,35H,7-8,18H2,1-6H3,(H2,33,39)(H,36,41)(H,37,40)/t25-,26?,32?/m1/s1. The Morgan fingerprint density at radius 3 is 2.32 bits per heavy atom. The lowest BCUT2D eigenvalue weighted by molar-refractivity contribution is -0.133. The zero-order valence-corrected chi connectivity index (χ0v) is 24.8. The van der Waals surface area contributed by atoms with Crippen LogP contribution in [0.3, 0.4) is 0 Å². The summed E-state index contributed by atoms with van der Waals surface area (Å²) in [4.78, 5) is 40.3. The van der Waals surface area contributed by atoms with E-state index in [-0.39, 0.29) is 23.9 Å². The quantitative estimate of drug-likeness (QED) is 0.293. The maximum atomic E-state index is 14.1. The van der Waals surface area contributed by atoms with Crippen molar-refractivity contribution in [2.45, 2.75) is 84.0 Å². The molecule has 0 saturated heterocycles. The fourth-order valence-corrected chi connectivity index (χ4v) is 5.63. The van der Waals surface area contributed by atoms with Gasteiger partial charge in [-0.25, -0.2) is 4.68 Å². The summed E-state index contributed by atoms with van der Waals surface area (Å²) in [5.74, 6) is -1.20. The van der Waals surface area contributed by atoms with Crippen molar-refractivity contribution in [3.63, 3.8) is 0 Å². The van der Waals surface area contributed by atoms with Crippen LogP contribution in [0.1, 0.15) is 87.5 Å². The molecule has 2 heterocycles. The van der Waals surface area contributed by atoms with Gasteiger partial charge in [-0.15, -0.1) is 0 Å². The first-order chi connectivity index (χ1) is 19.4. The average Bonchev–Trinajstić information content (AvgIpc) is 3.40. The van der Waals surface area contributed by atoms with Gasteiger partial charge >= 0.3 is 0 Å². The maximum Gasteiger partial charge on any atom is 0.257 e. The minimum atomic E-state index is -1.45. The lowest BCUT2D eigenvalue weighted by Gasteiger charge is -2.39. The van der Waals surface area contributed by atoms with E-state index in [2.05, 4.69) is 54.0 Å². The largest absolute Gasteiger partial charge is 0.368 e. The second-order valence-electron chi connectivity index (χ2n) is 11.8. The first kappa shape index (κ1) is 29.8. The molecule has 0 spiro atoms. The Hall–Kier alpha value is -4.14. The number of nitrogens with one attached hydrogen (secondary N) is 3. The lowest BCUT2D eigenvalue weighted by atomic mass is 9.84. The summed E-state index contributed by atoms with van der Waals surface area (Å²) in [6, 6.07) is 16.8. The van der Waals surface area contributed by atoms with Crippen molar-refractivity contribution in [1.29, 1.82) is 0 Å². The first-order valence-corrected chi connectivity index (χ1v) is 14.4. The number of rotatable bonds is 10. The number of carbonyl (C=O) groups is 3. The van der Waals surface area contributed by atoms with E-state index < -0.39 is 29.3 Å². The Labute approximate surface area is 242 Å². The molecule has 1 aliphatic heterocycles. The van der Waals surface area contributed by atoms with Crippen LogP contribution in [0.2, 0.25) is 0 Å². The van der Waals surface area contributed by atoms with Crippen molar-refractivity contribution in [1.82, 2.24) is 20.4 Å². The summed E-state index contributed by atoms with van der Waals surface area (Å²) in [5.41, 5.74) is 6.99. The van der Waals surface area contributed by atoms with Crippen molar-refractivity contribution in [2.24, 2.45) is 11.7 Å². The van der Waals surface area contributed by atoms with Crippen LogP contribution in [0.25, 0.3) is 0 Å². The number of aryl methyl sites for hydroxylation is 1. The SMILES string of the molecule is CCc1ccc(C(CC)(NC(=O)c2cnn3c2N[C@@H](c2ccccc2)CC3(C)C)C(=O)NC(C(N)=O)C(C)C)cc1. The molecule has 0 bridgehead atoms. The summed E-state index contributed by atoms with van der Waals surface area (Å²) in [6.07, 6.45) is 3.41. The maximum absolute atomic E-state index is 14.1. The van der Waals surface area contributed by atoms with Gasteiger partial charge in [0.25, 0.3) is 11.8 Å². The molecule has 1 aliphatic rings. The number of primary amides is 1. The first-order valence-electron chi connectivity index (χ1n) is 14.4. The second-order valence-corrected chi connectivity index (χ2v) is 11.8. The predicted molar refractivity (Wildman–Crippen MR) is 160 cm³/mol. The number of anilines is 1. The van der Waals surface area contributed by atoms with E-state index in [0.717, 1.165) is 24.0 Å². The van der Waals surface area contributed by atoms with Crippen molar-refractivity contribution in [3.05, 3.63) is 83.0 Å². The molecule has 9 heteroatoms. The fraction of sp³-hybridized carbons (Fsp3) is 0.438. The Balaban J connectivity index is 1.74. The average molecular weight is 559 g/mol. The molecule has 41 heavy (non-hydrogen) atoms. The summed E-state index contributed by atoms with van der Waals surface area (Å²) < 4.78 is 1.84. The van der Waals surface area contributed by atoms with Crippen molar-refractivity contribution < 1.29 is 14.4 Å². The van der Waals surface area contributed by atoms with E-state index in [9.17, 15) is 14.4 Å². The highest BCUT2D eigenvalue weighted by Crippen LogP contribution is 2.40. The molecule has 2 unspecified atom stereocenters. The monoisotopic (exact) mass is 558 g/mol. The number of amides is 3. The van der Waals surface area contributed by atoms with Gasteiger partial charge in [0.15, 0.2) is 0 Å². The molecule has 3 aromatic rings. The molecule has 9 nitrogen and oxygen atoms in total. The van der Waals surface area contributed by atoms with Crippen molar-refractivity contribution in [3.8, 4) is 0 Å². The molecule has 1 aromatic heterocycles. The molecule has 5 N–H and O–H groups in total. The van der Waals surface area contributed by atoms with E-state index >= 15 is 0 Å². The predicted octanol–water partition coefficient (Wildman–Crippen LogP) is 4.40. The van der Waals surface area contributed by atoms with E-state index in [1.807, 2.05) is 67.9 Å². The number of nitrogens with two attached hydrogens (primary N) is 1. The van der Waals surface area contributed by atoms with E-state index in [0.29, 0.717) is 16.9 Å². The third-order valence-electron chi connectivity index (χ3n) is 8.16. The smallest absolute Gasteiger partial charge is 0.257 e. The van der Waals surface area contributed by atoms with Gasteiger partial charge in [-0.3, -0.25) is 14.4 Å². The van der Waals surface area contributed by atoms with Gasteiger partial charge in [0.05, 0.1) is 17.8 Å². The van der Waals surface area contributed by atoms with Gasteiger partial charge in [-0.2, -0.15) is 5.10 Å². The van der Waals surface area contributed by atoms with Crippen LogP contribution in [0.15, 0.2) is 60.8 Å². The van der Waals surface area contributed by atoms with E-state index in [1.165, 1.54) is 0 Å². The van der Waals surface area contributed by atoms with Crippen LogP contribution < -0.4 is 21.7 Å². The van der Waals surface area contributed by atoms with Crippen LogP contribution in [-0.4, -0.2) is 33.5 Å². The molecule has 3 atom stereocenters. The van der Waals surface area contributed by atoms with Crippen molar-refractivity contribution in [2.75, 3.05) is 5.32 Å². The summed E-state index contributed by atoms with van der Waals surface area (Å²) in [5, 5.41) is 14.0. The van der Waals surface area contributed by atoms with Gasteiger partial charge in [0.2, 0.25) is 5.91 Å². The molecule has 0 saturated carbocycles. The Morgan fingerprint density at radius 2 is 1.76 bits per heavy atom. The third-order valence-corrected chi connectivity index (χ3v) is 8.16. The molecular weight excluding hydrogens is 516 g/mol. The van der Waals surface area contributed by atoms with Gasteiger partial charge in [-0.05, 0) is 55.7 Å². The molecule has 2 aromatic carbocycles. The zero-order valence-electron chi connectivity index (χ0n) is 24.8. The highest BCUT2D eigenvalue weighted by molar-refractivity contribution is 6.03. The number of nitrogens with zero attached hydrogens (tertiary/aromatic N) is 2. The van der Waals surface area contributed by atoms with Gasteiger partial charge < -0.3 is 21.7 Å². The highest BCUT2D eigenvalue weighted by Gasteiger charge is 2.44. The zero-order chi connectivity index (χ0) is 29.9. The summed E-state index contributed by atoms with van der Waals surface area (Å²) >= 11 is 0. The van der Waals surface area contributed by atoms with Crippen LogP contribution in [-0.2, 0) is 27.1 Å². The molecule has 4 rings (SSSR count). The van der Waals surface area contributed by atoms with Crippen LogP contribution >= 0.6 is 0 Å². The number of fused-ring (bicyclic) bond motifs is 1. The van der Waals surface area contributed by atoms with Gasteiger partial charge in [-0.1, -0.05) is 82.3 Å². The summed E-state index contributed by atoms with van der Waals surface area (Å²) in [6.45, 7) is 11.7. The van der Waals surface area contributed by atoms with E-state index in [4.69, 9.17) is 5.73 Å². The second kappa shape index (κ2) is 11.8. The van der Waals surface area contributed by atoms with Crippen molar-refractivity contribution >= 4 is 23.5 Å². The molecular formula is C32H42N6O3. The number of hydrogen-bond acceptors (Lipinski definition) is 5. The Morgan fingerprint density at radius 1 is 1.10 bits per heavy atom. The van der Waals surface area contributed by atoms with Crippen LogP contribution in [0.5, 0.6) is 0 Å². The third kappa shape index (κ3) is 5.85. The Kier molecular flexibility index (Phi) is 8.56. The molecule has 0 fully saturated rings. The number of benzene rings is 2. The molecule has 218 valence electrons. The molecule has 0 radical (unpaired) electrons. The normalized spacial score (nSPS) is 18.0. The van der Waals surface area contributed by atoms with Gasteiger partial charge in [0.1, 0.15) is 23.0 Å². The minimum absolute atomic E-state index is 0.0230. The lowest BCUT2D eigenvalue weighted by Crippen LogP contribution is -2.60. The van der Waals surface area contributed by atoms with Crippen LogP contribution in [0, 0.1) is 5.92 Å². The highest BCUT2D eigenvalue weighted by atomic mass is 16.2. The van der Waals surface area contributed by atoms with E-state index in [1.54, 1.807) is 6.20 Å². The Bertz CT molecular complexity index is 1400. The summed E-state index contributed by atoms with van der Waals surface area (Å²) in [7, 11) is 0. The minimum Gasteiger partial charge on any atom is -0.368 e. The number of aromatic nitrogens is 2. The van der Waals surface area contributed by atoms with Gasteiger partial charge in [0, 0.05) is 0 Å². The van der Waals surface area contributed by atoms with Crippen LogP contribution in [0.4, 0.5) is 5.82 Å². The molecule has 0 aliphatic carbocycles. The fourth-order valence-electron chi connectivity index (χ4n) is 5.63. The molecule has 3 amide bonds. The number of hydrogen-bond donors (Lipinski definition) is 4. The number of carbonyl (C=O) groups excluding carboxylic acids is 3. The topological polar surface area (TPSA) is 131 Å².